The zero-order valence-electron chi connectivity index (χ0n) is 13.2. The summed E-state index contributed by atoms with van der Waals surface area (Å²) < 4.78 is 1.57. The second-order valence-corrected chi connectivity index (χ2v) is 7.31. The number of nitrogens with zero attached hydrogens (tertiary/aromatic N) is 6. The van der Waals surface area contributed by atoms with Crippen LogP contribution in [0.5, 0.6) is 0 Å². The average molecular weight is 355 g/mol. The molecule has 0 bridgehead atoms. The number of amides is 1. The van der Waals surface area contributed by atoms with Crippen LogP contribution in [0.15, 0.2) is 6.20 Å². The van der Waals surface area contributed by atoms with Crippen molar-refractivity contribution >= 4 is 28.8 Å². The van der Waals surface area contributed by atoms with E-state index in [-0.39, 0.29) is 5.91 Å². The Morgan fingerprint density at radius 3 is 2.78 bits per heavy atom. The molecule has 0 unspecified atom stereocenters. The Morgan fingerprint density at radius 2 is 2.13 bits per heavy atom. The lowest BCUT2D eigenvalue weighted by Crippen LogP contribution is -2.35. The van der Waals surface area contributed by atoms with Gasteiger partial charge in [-0.2, -0.15) is 5.10 Å². The molecule has 9 heteroatoms. The van der Waals surface area contributed by atoms with Gasteiger partial charge in [-0.15, -0.1) is 21.5 Å². The topological polar surface area (TPSA) is 67.2 Å². The van der Waals surface area contributed by atoms with E-state index in [4.69, 9.17) is 11.6 Å². The molecule has 0 saturated carbocycles. The molecule has 1 amide bonds. The van der Waals surface area contributed by atoms with E-state index in [1.165, 1.54) is 0 Å². The second-order valence-electron chi connectivity index (χ2n) is 5.64. The van der Waals surface area contributed by atoms with Gasteiger partial charge in [-0.1, -0.05) is 11.6 Å². The van der Waals surface area contributed by atoms with Gasteiger partial charge >= 0.3 is 0 Å². The summed E-state index contributed by atoms with van der Waals surface area (Å²) in [5.74, 6) is -0.0933. The SMILES string of the molecule is Cc1nnc(CN2CCCN(C(=O)c3nn(C)cc3Cl)CC2)s1. The summed E-state index contributed by atoms with van der Waals surface area (Å²) in [6.07, 6.45) is 2.57. The smallest absolute Gasteiger partial charge is 0.275 e. The number of hydrogen-bond acceptors (Lipinski definition) is 6. The van der Waals surface area contributed by atoms with Gasteiger partial charge in [-0.3, -0.25) is 14.4 Å². The Bertz CT molecular complexity index is 699. The molecule has 0 aliphatic carbocycles. The van der Waals surface area contributed by atoms with E-state index in [2.05, 4.69) is 20.2 Å². The molecular weight excluding hydrogens is 336 g/mol. The normalized spacial score (nSPS) is 16.6. The highest BCUT2D eigenvalue weighted by molar-refractivity contribution is 7.11. The summed E-state index contributed by atoms with van der Waals surface area (Å²) in [7, 11) is 1.76. The van der Waals surface area contributed by atoms with Crippen LogP contribution in [-0.4, -0.2) is 61.9 Å². The molecule has 1 aliphatic rings. The molecular formula is C14H19ClN6OS. The number of carbonyl (C=O) groups excluding carboxylic acids is 1. The Hall–Kier alpha value is -1.51. The monoisotopic (exact) mass is 354 g/mol. The second kappa shape index (κ2) is 6.94. The first-order chi connectivity index (χ1) is 11.0. The van der Waals surface area contributed by atoms with E-state index >= 15 is 0 Å². The van der Waals surface area contributed by atoms with Crippen molar-refractivity contribution < 1.29 is 4.79 Å². The zero-order valence-corrected chi connectivity index (χ0v) is 14.8. The number of aryl methyl sites for hydroxylation is 2. The predicted molar refractivity (Wildman–Crippen MR) is 88.7 cm³/mol. The van der Waals surface area contributed by atoms with Crippen molar-refractivity contribution in [2.45, 2.75) is 19.9 Å². The quantitative estimate of drug-likeness (QED) is 0.837. The van der Waals surface area contributed by atoms with Crippen molar-refractivity contribution in [3.05, 3.63) is 26.9 Å². The first-order valence-electron chi connectivity index (χ1n) is 7.52. The molecule has 1 saturated heterocycles. The maximum absolute atomic E-state index is 12.6. The van der Waals surface area contributed by atoms with Crippen LogP contribution in [0.25, 0.3) is 0 Å². The first kappa shape index (κ1) is 16.4. The van der Waals surface area contributed by atoms with E-state index < -0.39 is 0 Å². The lowest BCUT2D eigenvalue weighted by molar-refractivity contribution is 0.0754. The van der Waals surface area contributed by atoms with Crippen molar-refractivity contribution in [2.24, 2.45) is 7.05 Å². The molecule has 23 heavy (non-hydrogen) atoms. The molecule has 0 aromatic carbocycles. The standard InChI is InChI=1S/C14H19ClN6OS/c1-10-16-17-12(23-10)9-20-4-3-5-21(7-6-20)14(22)13-11(15)8-19(2)18-13/h8H,3-7,9H2,1-2H3. The molecule has 1 aliphatic heterocycles. The molecule has 0 spiro atoms. The molecule has 124 valence electrons. The fourth-order valence-electron chi connectivity index (χ4n) is 2.68. The van der Waals surface area contributed by atoms with Gasteiger partial charge in [0.2, 0.25) is 0 Å². The maximum atomic E-state index is 12.6. The van der Waals surface area contributed by atoms with Gasteiger partial charge in [0.15, 0.2) is 5.69 Å². The molecule has 0 N–H and O–H groups in total. The highest BCUT2D eigenvalue weighted by Crippen LogP contribution is 2.18. The molecule has 2 aromatic rings. The van der Waals surface area contributed by atoms with Crippen molar-refractivity contribution in [3.63, 3.8) is 0 Å². The number of halogens is 1. The van der Waals surface area contributed by atoms with E-state index in [0.29, 0.717) is 17.3 Å². The molecule has 0 atom stereocenters. The van der Waals surface area contributed by atoms with Gasteiger partial charge < -0.3 is 4.90 Å². The number of carbonyl (C=O) groups is 1. The Labute approximate surface area is 143 Å². The molecule has 2 aromatic heterocycles. The maximum Gasteiger partial charge on any atom is 0.275 e. The highest BCUT2D eigenvalue weighted by Gasteiger charge is 2.24. The van der Waals surface area contributed by atoms with E-state index in [9.17, 15) is 4.79 Å². The minimum Gasteiger partial charge on any atom is -0.336 e. The van der Waals surface area contributed by atoms with Gasteiger partial charge in [0, 0.05) is 39.4 Å². The third-order valence-electron chi connectivity index (χ3n) is 3.79. The fourth-order valence-corrected chi connectivity index (χ4v) is 3.69. The van der Waals surface area contributed by atoms with E-state index in [0.717, 1.165) is 42.6 Å². The highest BCUT2D eigenvalue weighted by atomic mass is 35.5. The van der Waals surface area contributed by atoms with Crippen LogP contribution in [0, 0.1) is 6.92 Å². The Morgan fingerprint density at radius 1 is 1.30 bits per heavy atom. The lowest BCUT2D eigenvalue weighted by Gasteiger charge is -2.20. The van der Waals surface area contributed by atoms with Gasteiger partial charge in [0.05, 0.1) is 11.6 Å². The molecule has 3 heterocycles. The van der Waals surface area contributed by atoms with E-state index in [1.54, 1.807) is 29.3 Å². The molecule has 3 rings (SSSR count). The number of rotatable bonds is 3. The van der Waals surface area contributed by atoms with Crippen LogP contribution in [-0.2, 0) is 13.6 Å². The van der Waals surface area contributed by atoms with Gasteiger partial charge in [-0.25, -0.2) is 0 Å². The zero-order chi connectivity index (χ0) is 16.4. The van der Waals surface area contributed by atoms with Crippen molar-refractivity contribution in [1.29, 1.82) is 0 Å². The van der Waals surface area contributed by atoms with Gasteiger partial charge in [-0.05, 0) is 13.3 Å². The minimum atomic E-state index is -0.0933. The summed E-state index contributed by atoms with van der Waals surface area (Å²) in [6.45, 7) is 5.90. The van der Waals surface area contributed by atoms with Crippen molar-refractivity contribution in [2.75, 3.05) is 26.2 Å². The van der Waals surface area contributed by atoms with Crippen LogP contribution in [0.1, 0.15) is 26.9 Å². The van der Waals surface area contributed by atoms with Gasteiger partial charge in [0.25, 0.3) is 5.91 Å². The summed E-state index contributed by atoms with van der Waals surface area (Å²) in [5, 5.41) is 14.8. The van der Waals surface area contributed by atoms with Crippen LogP contribution >= 0.6 is 22.9 Å². The minimum absolute atomic E-state index is 0.0933. The number of aromatic nitrogens is 4. The summed E-state index contributed by atoms with van der Waals surface area (Å²) >= 11 is 7.71. The summed E-state index contributed by atoms with van der Waals surface area (Å²) in [4.78, 5) is 16.7. The summed E-state index contributed by atoms with van der Waals surface area (Å²) in [6, 6.07) is 0. The largest absolute Gasteiger partial charge is 0.336 e. The van der Waals surface area contributed by atoms with Crippen LogP contribution in [0.2, 0.25) is 5.02 Å². The fraction of sp³-hybridized carbons (Fsp3) is 0.571. The predicted octanol–water partition coefficient (Wildman–Crippen LogP) is 1.58. The molecule has 0 radical (unpaired) electrons. The third-order valence-corrected chi connectivity index (χ3v) is 4.89. The number of hydrogen-bond donors (Lipinski definition) is 0. The molecule has 7 nitrogen and oxygen atoms in total. The first-order valence-corrected chi connectivity index (χ1v) is 8.72. The van der Waals surface area contributed by atoms with Gasteiger partial charge in [0.1, 0.15) is 10.0 Å². The summed E-state index contributed by atoms with van der Waals surface area (Å²) in [5.41, 5.74) is 0.336. The van der Waals surface area contributed by atoms with Crippen LogP contribution in [0.4, 0.5) is 0 Å². The van der Waals surface area contributed by atoms with Crippen LogP contribution in [0.3, 0.4) is 0 Å². The Balaban J connectivity index is 1.62. The van der Waals surface area contributed by atoms with Crippen molar-refractivity contribution in [1.82, 2.24) is 29.8 Å². The molecule has 1 fully saturated rings. The Kier molecular flexibility index (Phi) is 4.93. The third kappa shape index (κ3) is 3.88. The average Bonchev–Trinajstić information content (AvgIpc) is 2.96. The lowest BCUT2D eigenvalue weighted by atomic mass is 10.3. The van der Waals surface area contributed by atoms with E-state index in [1.807, 2.05) is 11.8 Å². The van der Waals surface area contributed by atoms with Crippen LogP contribution < -0.4 is 0 Å². The van der Waals surface area contributed by atoms with Crippen molar-refractivity contribution in [3.8, 4) is 0 Å².